The molecule has 0 radical (unpaired) electrons. The maximum atomic E-state index is 12.2. The Labute approximate surface area is 109 Å². The SMILES string of the molecule is CC(C)C(C(=O)O)S(=O)(=O)c1ccccc1Br. The minimum absolute atomic E-state index is 0.0149. The van der Waals surface area contributed by atoms with Gasteiger partial charge >= 0.3 is 5.97 Å². The minimum atomic E-state index is -3.88. The van der Waals surface area contributed by atoms with Gasteiger partial charge in [0.1, 0.15) is 0 Å². The predicted octanol–water partition coefficient (Wildman–Crippen LogP) is 2.33. The van der Waals surface area contributed by atoms with Crippen LogP contribution in [0.4, 0.5) is 0 Å². The third-order valence-corrected chi connectivity index (χ3v) is 5.66. The fraction of sp³-hybridized carbons (Fsp3) is 0.364. The average Bonchev–Trinajstić information content (AvgIpc) is 2.15. The van der Waals surface area contributed by atoms with Crippen LogP contribution in [0.15, 0.2) is 33.6 Å². The molecule has 1 unspecified atom stereocenters. The number of carboxylic acids is 1. The molecule has 6 heteroatoms. The van der Waals surface area contributed by atoms with E-state index in [4.69, 9.17) is 5.11 Å². The number of rotatable bonds is 4. The van der Waals surface area contributed by atoms with Crippen molar-refractivity contribution >= 4 is 31.7 Å². The fourth-order valence-corrected chi connectivity index (χ4v) is 4.41. The molecule has 0 spiro atoms. The van der Waals surface area contributed by atoms with Crippen molar-refractivity contribution in [3.63, 3.8) is 0 Å². The summed E-state index contributed by atoms with van der Waals surface area (Å²) in [6.07, 6.45) is 0. The van der Waals surface area contributed by atoms with E-state index in [9.17, 15) is 13.2 Å². The van der Waals surface area contributed by atoms with Crippen molar-refractivity contribution in [1.82, 2.24) is 0 Å². The monoisotopic (exact) mass is 320 g/mol. The molecule has 0 saturated carbocycles. The van der Waals surface area contributed by atoms with E-state index in [0.29, 0.717) is 4.47 Å². The zero-order chi connectivity index (χ0) is 13.2. The molecule has 1 rings (SSSR count). The zero-order valence-corrected chi connectivity index (χ0v) is 11.8. The molecule has 17 heavy (non-hydrogen) atoms. The number of hydrogen-bond donors (Lipinski definition) is 1. The van der Waals surface area contributed by atoms with Crippen LogP contribution in [0.5, 0.6) is 0 Å². The van der Waals surface area contributed by atoms with Crippen molar-refractivity contribution in [2.45, 2.75) is 24.0 Å². The highest BCUT2D eigenvalue weighted by atomic mass is 79.9. The molecule has 0 aliphatic heterocycles. The van der Waals surface area contributed by atoms with Gasteiger partial charge in [-0.1, -0.05) is 26.0 Å². The molecule has 0 aliphatic rings. The van der Waals surface area contributed by atoms with Crippen LogP contribution < -0.4 is 0 Å². The van der Waals surface area contributed by atoms with Gasteiger partial charge in [-0.2, -0.15) is 0 Å². The van der Waals surface area contributed by atoms with E-state index in [1.165, 1.54) is 6.07 Å². The van der Waals surface area contributed by atoms with E-state index in [-0.39, 0.29) is 4.90 Å². The van der Waals surface area contributed by atoms with Crippen molar-refractivity contribution in [3.8, 4) is 0 Å². The molecule has 0 saturated heterocycles. The van der Waals surface area contributed by atoms with Gasteiger partial charge in [-0.3, -0.25) is 4.79 Å². The first-order chi connectivity index (χ1) is 7.78. The van der Waals surface area contributed by atoms with E-state index in [1.54, 1.807) is 32.0 Å². The van der Waals surface area contributed by atoms with Crippen molar-refractivity contribution in [2.75, 3.05) is 0 Å². The third-order valence-electron chi connectivity index (χ3n) is 2.33. The Bertz CT molecular complexity index is 522. The molecule has 1 N–H and O–H groups in total. The molecule has 4 nitrogen and oxygen atoms in total. The Kier molecular flexibility index (Phi) is 4.32. The first-order valence-corrected chi connectivity index (χ1v) is 7.33. The number of carbonyl (C=O) groups is 1. The lowest BCUT2D eigenvalue weighted by Crippen LogP contribution is -2.35. The van der Waals surface area contributed by atoms with Crippen LogP contribution >= 0.6 is 15.9 Å². The van der Waals surface area contributed by atoms with Crippen LogP contribution in [0.2, 0.25) is 0 Å². The number of benzene rings is 1. The lowest BCUT2D eigenvalue weighted by atomic mass is 10.1. The predicted molar refractivity (Wildman–Crippen MR) is 67.6 cm³/mol. The van der Waals surface area contributed by atoms with Crippen LogP contribution in [0.1, 0.15) is 13.8 Å². The number of sulfone groups is 1. The standard InChI is InChI=1S/C11H13BrO4S/c1-7(2)10(11(13)14)17(15,16)9-6-4-3-5-8(9)12/h3-7,10H,1-2H3,(H,13,14). The van der Waals surface area contributed by atoms with E-state index in [1.807, 2.05) is 0 Å². The summed E-state index contributed by atoms with van der Waals surface area (Å²) in [5, 5.41) is 7.61. The number of hydrogen-bond acceptors (Lipinski definition) is 3. The maximum absolute atomic E-state index is 12.2. The molecular formula is C11H13BrO4S. The molecule has 94 valence electrons. The van der Waals surface area contributed by atoms with Gasteiger partial charge in [-0.15, -0.1) is 0 Å². The molecular weight excluding hydrogens is 308 g/mol. The molecule has 1 aromatic rings. The van der Waals surface area contributed by atoms with Crippen molar-refractivity contribution < 1.29 is 18.3 Å². The van der Waals surface area contributed by atoms with E-state index in [2.05, 4.69) is 15.9 Å². The minimum Gasteiger partial charge on any atom is -0.480 e. The van der Waals surface area contributed by atoms with Gasteiger partial charge in [0, 0.05) is 4.47 Å². The second-order valence-corrected chi connectivity index (χ2v) is 6.87. The highest BCUT2D eigenvalue weighted by Gasteiger charge is 2.37. The second kappa shape index (κ2) is 5.18. The quantitative estimate of drug-likeness (QED) is 0.924. The second-order valence-electron chi connectivity index (χ2n) is 3.98. The summed E-state index contributed by atoms with van der Waals surface area (Å²) in [6, 6.07) is 6.22. The summed E-state index contributed by atoms with van der Waals surface area (Å²) in [6.45, 7) is 3.15. The lowest BCUT2D eigenvalue weighted by Gasteiger charge is -2.17. The number of halogens is 1. The first-order valence-electron chi connectivity index (χ1n) is 4.99. The molecule has 0 fully saturated rings. The largest absolute Gasteiger partial charge is 0.480 e. The molecule has 1 atom stereocenters. The molecule has 0 amide bonds. The van der Waals surface area contributed by atoms with Crippen LogP contribution in [-0.4, -0.2) is 24.7 Å². The fourth-order valence-electron chi connectivity index (χ4n) is 1.59. The summed E-state index contributed by atoms with van der Waals surface area (Å²) in [4.78, 5) is 11.1. The topological polar surface area (TPSA) is 71.4 Å². The van der Waals surface area contributed by atoms with Crippen molar-refractivity contribution in [3.05, 3.63) is 28.7 Å². The van der Waals surface area contributed by atoms with E-state index in [0.717, 1.165) is 0 Å². The molecule has 1 aromatic carbocycles. The van der Waals surface area contributed by atoms with Gasteiger partial charge in [0.25, 0.3) is 0 Å². The highest BCUT2D eigenvalue weighted by molar-refractivity contribution is 9.10. The van der Waals surface area contributed by atoms with Crippen LogP contribution in [0.3, 0.4) is 0 Å². The third kappa shape index (κ3) is 2.87. The van der Waals surface area contributed by atoms with Gasteiger partial charge < -0.3 is 5.11 Å². The Morgan fingerprint density at radius 1 is 1.29 bits per heavy atom. The first kappa shape index (κ1) is 14.2. The van der Waals surface area contributed by atoms with E-state index < -0.39 is 27.0 Å². The Morgan fingerprint density at radius 2 is 1.82 bits per heavy atom. The van der Waals surface area contributed by atoms with Crippen LogP contribution in [-0.2, 0) is 14.6 Å². The van der Waals surface area contributed by atoms with Crippen LogP contribution in [0, 0.1) is 5.92 Å². The van der Waals surface area contributed by atoms with Gasteiger partial charge in [-0.25, -0.2) is 8.42 Å². The normalized spacial score (nSPS) is 13.6. The summed E-state index contributed by atoms with van der Waals surface area (Å²) < 4.78 is 24.8. The maximum Gasteiger partial charge on any atom is 0.322 e. The molecule has 0 bridgehead atoms. The molecule has 0 heterocycles. The highest BCUT2D eigenvalue weighted by Crippen LogP contribution is 2.28. The molecule has 0 aromatic heterocycles. The summed E-state index contributed by atoms with van der Waals surface area (Å²) in [7, 11) is -3.88. The van der Waals surface area contributed by atoms with Gasteiger partial charge in [-0.05, 0) is 34.0 Å². The van der Waals surface area contributed by atoms with Gasteiger partial charge in [0.2, 0.25) is 0 Å². The summed E-state index contributed by atoms with van der Waals surface area (Å²) in [5.74, 6) is -1.82. The molecule has 0 aliphatic carbocycles. The van der Waals surface area contributed by atoms with Crippen LogP contribution in [0.25, 0.3) is 0 Å². The Balaban J connectivity index is 3.37. The Hall–Kier alpha value is -0.880. The zero-order valence-electron chi connectivity index (χ0n) is 9.42. The summed E-state index contributed by atoms with van der Waals surface area (Å²) >= 11 is 3.13. The van der Waals surface area contributed by atoms with E-state index >= 15 is 0 Å². The smallest absolute Gasteiger partial charge is 0.322 e. The number of aliphatic carboxylic acids is 1. The van der Waals surface area contributed by atoms with Crippen molar-refractivity contribution in [2.24, 2.45) is 5.92 Å². The Morgan fingerprint density at radius 3 is 2.24 bits per heavy atom. The number of carboxylic acid groups (broad SMARTS) is 1. The van der Waals surface area contributed by atoms with Crippen molar-refractivity contribution in [1.29, 1.82) is 0 Å². The lowest BCUT2D eigenvalue weighted by molar-refractivity contribution is -0.137. The van der Waals surface area contributed by atoms with Gasteiger partial charge in [0.15, 0.2) is 15.1 Å². The van der Waals surface area contributed by atoms with Gasteiger partial charge in [0.05, 0.1) is 4.90 Å². The summed E-state index contributed by atoms with van der Waals surface area (Å²) in [5.41, 5.74) is 0. The average molecular weight is 321 g/mol.